The second-order valence-corrected chi connectivity index (χ2v) is 7.26. The minimum Gasteiger partial charge on any atom is -0.459 e. The van der Waals surface area contributed by atoms with Crippen LogP contribution in [0.15, 0.2) is 63.8 Å². The fourth-order valence-electron chi connectivity index (χ4n) is 3.82. The number of hydrogen-bond donors (Lipinski definition) is 0. The Morgan fingerprint density at radius 3 is 2.25 bits per heavy atom. The van der Waals surface area contributed by atoms with Crippen LogP contribution in [0.5, 0.6) is 11.5 Å². The van der Waals surface area contributed by atoms with Gasteiger partial charge in [-0.1, -0.05) is 24.3 Å². The lowest BCUT2D eigenvalue weighted by atomic mass is 10.2. The molecule has 3 heterocycles. The number of benzene rings is 2. The maximum atomic E-state index is 12.3. The van der Waals surface area contributed by atoms with E-state index in [9.17, 15) is 4.79 Å². The van der Waals surface area contributed by atoms with Gasteiger partial charge in [-0.05, 0) is 24.3 Å². The Morgan fingerprint density at radius 1 is 0.857 bits per heavy atom. The summed E-state index contributed by atoms with van der Waals surface area (Å²) >= 11 is 0. The molecule has 0 aliphatic carbocycles. The first-order valence-electron chi connectivity index (χ1n) is 9.63. The average Bonchev–Trinajstić information content (AvgIpc) is 3.12. The molecular weight excluding hydrogens is 356 g/mol. The summed E-state index contributed by atoms with van der Waals surface area (Å²) in [6, 6.07) is 16.8. The van der Waals surface area contributed by atoms with E-state index in [0.29, 0.717) is 17.5 Å². The van der Waals surface area contributed by atoms with Gasteiger partial charge in [0.1, 0.15) is 11.3 Å². The van der Waals surface area contributed by atoms with Crippen molar-refractivity contribution in [2.24, 2.45) is 0 Å². The molecule has 2 aromatic carbocycles. The molecule has 28 heavy (non-hydrogen) atoms. The largest absolute Gasteiger partial charge is 0.459 e. The summed E-state index contributed by atoms with van der Waals surface area (Å²) in [6.45, 7) is 5.07. The molecule has 0 atom stereocenters. The van der Waals surface area contributed by atoms with Crippen molar-refractivity contribution in [2.45, 2.75) is 12.8 Å². The monoisotopic (exact) mass is 378 g/mol. The second-order valence-electron chi connectivity index (χ2n) is 7.26. The van der Waals surface area contributed by atoms with Gasteiger partial charge in [0.15, 0.2) is 16.9 Å². The van der Waals surface area contributed by atoms with E-state index in [2.05, 4.69) is 9.80 Å². The molecule has 0 unspecified atom stereocenters. The van der Waals surface area contributed by atoms with Crippen molar-refractivity contribution in [3.63, 3.8) is 0 Å². The van der Waals surface area contributed by atoms with Crippen molar-refractivity contribution < 1.29 is 13.9 Å². The van der Waals surface area contributed by atoms with Gasteiger partial charge in [0.05, 0.1) is 18.5 Å². The molecule has 3 aromatic rings. The first-order valence-corrected chi connectivity index (χ1v) is 9.63. The normalized spacial score (nSPS) is 18.0. The number of ether oxygens (including phenoxy) is 2. The zero-order chi connectivity index (χ0) is 18.9. The molecule has 0 bridgehead atoms. The topological polar surface area (TPSA) is 55.2 Å². The summed E-state index contributed by atoms with van der Waals surface area (Å²) in [5.74, 6) is 2.35. The summed E-state index contributed by atoms with van der Waals surface area (Å²) in [7, 11) is 0. The third kappa shape index (κ3) is 3.48. The minimum absolute atomic E-state index is 0.0191. The van der Waals surface area contributed by atoms with Crippen LogP contribution in [0.1, 0.15) is 5.76 Å². The van der Waals surface area contributed by atoms with Crippen LogP contribution in [-0.4, -0.2) is 48.8 Å². The lowest BCUT2D eigenvalue weighted by Gasteiger charge is -2.34. The van der Waals surface area contributed by atoms with E-state index in [-0.39, 0.29) is 11.7 Å². The third-order valence-corrected chi connectivity index (χ3v) is 5.30. The Kier molecular flexibility index (Phi) is 4.50. The number of piperazine rings is 1. The van der Waals surface area contributed by atoms with Crippen molar-refractivity contribution in [3.8, 4) is 11.5 Å². The molecule has 1 fully saturated rings. The lowest BCUT2D eigenvalue weighted by Crippen LogP contribution is -2.49. The van der Waals surface area contributed by atoms with Gasteiger partial charge in [0, 0.05) is 32.2 Å². The van der Waals surface area contributed by atoms with E-state index < -0.39 is 0 Å². The molecule has 144 valence electrons. The van der Waals surface area contributed by atoms with Crippen molar-refractivity contribution in [1.82, 2.24) is 9.80 Å². The molecule has 1 saturated heterocycles. The van der Waals surface area contributed by atoms with E-state index >= 15 is 0 Å². The quantitative estimate of drug-likeness (QED) is 0.696. The van der Waals surface area contributed by atoms with Crippen molar-refractivity contribution in [2.75, 3.05) is 32.7 Å². The van der Waals surface area contributed by atoms with Crippen LogP contribution in [0.3, 0.4) is 0 Å². The van der Waals surface area contributed by atoms with Gasteiger partial charge < -0.3 is 13.9 Å². The number of para-hydroxylation sites is 3. The Bertz CT molecular complexity index is 1010. The molecule has 1 aromatic heterocycles. The highest BCUT2D eigenvalue weighted by atomic mass is 16.7. The van der Waals surface area contributed by atoms with E-state index in [1.807, 2.05) is 42.5 Å². The number of hydrogen-bond acceptors (Lipinski definition) is 6. The Balaban J connectivity index is 1.16. The first-order chi connectivity index (χ1) is 13.7. The van der Waals surface area contributed by atoms with Crippen LogP contribution in [0.25, 0.3) is 11.0 Å². The molecular formula is C22H22N2O4. The van der Waals surface area contributed by atoms with Gasteiger partial charge in [0.25, 0.3) is 6.29 Å². The van der Waals surface area contributed by atoms with Crippen LogP contribution in [-0.2, 0) is 6.54 Å². The van der Waals surface area contributed by atoms with E-state index in [0.717, 1.165) is 50.0 Å². The van der Waals surface area contributed by atoms with Gasteiger partial charge in [-0.15, -0.1) is 0 Å². The fourth-order valence-corrected chi connectivity index (χ4v) is 3.82. The summed E-state index contributed by atoms with van der Waals surface area (Å²) in [5, 5.41) is 0.633. The van der Waals surface area contributed by atoms with Gasteiger partial charge in [0.2, 0.25) is 0 Å². The lowest BCUT2D eigenvalue weighted by molar-refractivity contribution is 0.0000919. The fraction of sp³-hybridized carbons (Fsp3) is 0.318. The zero-order valence-electron chi connectivity index (χ0n) is 15.5. The molecule has 2 aliphatic rings. The standard InChI is InChI=1S/C22H22N2O4/c25-18-13-16(26-19-6-2-1-5-17(18)19)14-23-9-11-24(12-10-23)15-22-27-20-7-3-4-8-21(20)28-22/h1-8,13,22H,9-12,14-15H2. The van der Waals surface area contributed by atoms with Gasteiger partial charge in [-0.2, -0.15) is 0 Å². The molecule has 0 saturated carbocycles. The average molecular weight is 378 g/mol. The number of fused-ring (bicyclic) bond motifs is 2. The van der Waals surface area contributed by atoms with Crippen LogP contribution in [0.4, 0.5) is 0 Å². The zero-order valence-corrected chi connectivity index (χ0v) is 15.5. The van der Waals surface area contributed by atoms with Crippen molar-refractivity contribution >= 4 is 11.0 Å². The number of rotatable bonds is 4. The molecule has 5 rings (SSSR count). The number of nitrogens with zero attached hydrogens (tertiary/aromatic N) is 2. The Hall–Kier alpha value is -2.83. The van der Waals surface area contributed by atoms with E-state index in [1.54, 1.807) is 12.1 Å². The SMILES string of the molecule is O=c1cc(CN2CCN(CC3Oc4ccccc4O3)CC2)oc2ccccc12. The highest BCUT2D eigenvalue weighted by molar-refractivity contribution is 5.76. The minimum atomic E-state index is -0.248. The van der Waals surface area contributed by atoms with Gasteiger partial charge in [-0.25, -0.2) is 0 Å². The predicted molar refractivity (Wildman–Crippen MR) is 106 cm³/mol. The smallest absolute Gasteiger partial charge is 0.254 e. The summed E-state index contributed by atoms with van der Waals surface area (Å²) < 4.78 is 17.6. The van der Waals surface area contributed by atoms with Crippen LogP contribution in [0.2, 0.25) is 0 Å². The van der Waals surface area contributed by atoms with Crippen LogP contribution >= 0.6 is 0 Å². The van der Waals surface area contributed by atoms with E-state index in [1.165, 1.54) is 0 Å². The Morgan fingerprint density at radius 2 is 1.50 bits per heavy atom. The molecule has 0 amide bonds. The molecule has 0 N–H and O–H groups in total. The van der Waals surface area contributed by atoms with Crippen LogP contribution < -0.4 is 14.9 Å². The molecule has 6 heteroatoms. The van der Waals surface area contributed by atoms with Crippen molar-refractivity contribution in [1.29, 1.82) is 0 Å². The van der Waals surface area contributed by atoms with Crippen molar-refractivity contribution in [3.05, 3.63) is 70.6 Å². The summed E-state index contributed by atoms with van der Waals surface area (Å²) in [6.07, 6.45) is -0.248. The van der Waals surface area contributed by atoms with Gasteiger partial charge in [-0.3, -0.25) is 14.6 Å². The Labute approximate surface area is 162 Å². The highest BCUT2D eigenvalue weighted by Gasteiger charge is 2.27. The molecule has 6 nitrogen and oxygen atoms in total. The third-order valence-electron chi connectivity index (χ3n) is 5.30. The van der Waals surface area contributed by atoms with Gasteiger partial charge >= 0.3 is 0 Å². The highest BCUT2D eigenvalue weighted by Crippen LogP contribution is 2.34. The molecule has 0 radical (unpaired) electrons. The molecule has 2 aliphatic heterocycles. The maximum absolute atomic E-state index is 12.3. The van der Waals surface area contributed by atoms with E-state index in [4.69, 9.17) is 13.9 Å². The maximum Gasteiger partial charge on any atom is 0.254 e. The summed E-state index contributed by atoms with van der Waals surface area (Å²) in [4.78, 5) is 16.9. The molecule has 0 spiro atoms. The summed E-state index contributed by atoms with van der Waals surface area (Å²) in [5.41, 5.74) is 0.671. The first kappa shape index (κ1) is 17.3. The van der Waals surface area contributed by atoms with Crippen LogP contribution in [0, 0.1) is 0 Å². The second kappa shape index (κ2) is 7.30. The predicted octanol–water partition coefficient (Wildman–Crippen LogP) is 2.71.